The molecule has 3 nitrogen and oxygen atoms in total. The number of nitrogens with zero attached hydrogens (tertiary/aromatic N) is 2. The van der Waals surface area contributed by atoms with Crippen LogP contribution in [0.4, 0.5) is 5.69 Å². The van der Waals surface area contributed by atoms with Crippen LogP contribution in [0.1, 0.15) is 52.5 Å². The highest BCUT2D eigenvalue weighted by Crippen LogP contribution is 2.28. The fraction of sp³-hybridized carbons (Fsp3) is 0.786. The molecule has 1 heterocycles. The molecule has 1 aliphatic carbocycles. The summed E-state index contributed by atoms with van der Waals surface area (Å²) in [6.45, 7) is 7.78. The van der Waals surface area contributed by atoms with Crippen molar-refractivity contribution >= 4 is 5.69 Å². The van der Waals surface area contributed by atoms with Crippen LogP contribution in [0.2, 0.25) is 0 Å². The highest BCUT2D eigenvalue weighted by atomic mass is 15.3. The largest absolute Gasteiger partial charge is 0.382 e. The minimum atomic E-state index is 0.445. The van der Waals surface area contributed by atoms with Crippen LogP contribution in [0.15, 0.2) is 12.4 Å². The monoisotopic (exact) mass is 235 g/mol. The van der Waals surface area contributed by atoms with Crippen LogP contribution in [0.25, 0.3) is 0 Å². The van der Waals surface area contributed by atoms with Gasteiger partial charge in [-0.2, -0.15) is 5.10 Å². The quantitative estimate of drug-likeness (QED) is 0.862. The zero-order valence-corrected chi connectivity index (χ0v) is 11.3. The third-order valence-electron chi connectivity index (χ3n) is 3.86. The molecule has 17 heavy (non-hydrogen) atoms. The number of hydrogen-bond acceptors (Lipinski definition) is 2. The lowest BCUT2D eigenvalue weighted by Gasteiger charge is -2.26. The molecule has 1 fully saturated rings. The highest BCUT2D eigenvalue weighted by Gasteiger charge is 2.17. The van der Waals surface area contributed by atoms with Gasteiger partial charge in [0.1, 0.15) is 0 Å². The molecule has 1 aromatic rings. The second-order valence-corrected chi connectivity index (χ2v) is 5.81. The van der Waals surface area contributed by atoms with Crippen molar-refractivity contribution < 1.29 is 0 Å². The standard InChI is InChI=1S/C14H25N3/c1-11(2)17-10-14(9-16-17)15-8-13-6-4-12(3)5-7-13/h9-13,15H,4-8H2,1-3H3. The molecule has 3 heteroatoms. The van der Waals surface area contributed by atoms with Crippen molar-refractivity contribution in [3.8, 4) is 0 Å². The Balaban J connectivity index is 1.77. The molecule has 0 spiro atoms. The Morgan fingerprint density at radius 2 is 2.06 bits per heavy atom. The number of aromatic nitrogens is 2. The number of anilines is 1. The van der Waals surface area contributed by atoms with Gasteiger partial charge in [0.05, 0.1) is 11.9 Å². The summed E-state index contributed by atoms with van der Waals surface area (Å²) in [5.41, 5.74) is 1.16. The first-order chi connectivity index (χ1) is 8.15. The molecule has 0 aliphatic heterocycles. The molecule has 0 aromatic carbocycles. The molecule has 96 valence electrons. The van der Waals surface area contributed by atoms with Crippen LogP contribution in [-0.4, -0.2) is 16.3 Å². The van der Waals surface area contributed by atoms with E-state index in [1.807, 2.05) is 10.9 Å². The lowest BCUT2D eigenvalue weighted by atomic mass is 9.83. The van der Waals surface area contributed by atoms with E-state index in [-0.39, 0.29) is 0 Å². The molecule has 0 bridgehead atoms. The smallest absolute Gasteiger partial charge is 0.0726 e. The molecular weight excluding hydrogens is 210 g/mol. The number of nitrogens with one attached hydrogen (secondary N) is 1. The van der Waals surface area contributed by atoms with Gasteiger partial charge in [0, 0.05) is 18.8 Å². The van der Waals surface area contributed by atoms with Crippen LogP contribution in [0.3, 0.4) is 0 Å². The Hall–Kier alpha value is -0.990. The van der Waals surface area contributed by atoms with Crippen LogP contribution in [0.5, 0.6) is 0 Å². The molecule has 0 unspecified atom stereocenters. The normalized spacial score (nSPS) is 25.2. The summed E-state index contributed by atoms with van der Waals surface area (Å²) >= 11 is 0. The van der Waals surface area contributed by atoms with E-state index in [9.17, 15) is 0 Å². The van der Waals surface area contributed by atoms with Crippen molar-refractivity contribution in [3.05, 3.63) is 12.4 Å². The van der Waals surface area contributed by atoms with Crippen molar-refractivity contribution in [1.29, 1.82) is 0 Å². The van der Waals surface area contributed by atoms with Gasteiger partial charge in [-0.25, -0.2) is 0 Å². The van der Waals surface area contributed by atoms with Crippen LogP contribution in [0, 0.1) is 11.8 Å². The van der Waals surface area contributed by atoms with E-state index in [0.717, 1.165) is 24.1 Å². The molecule has 1 aliphatic rings. The Labute approximate surface area is 105 Å². The maximum absolute atomic E-state index is 4.35. The van der Waals surface area contributed by atoms with Gasteiger partial charge in [0.25, 0.3) is 0 Å². The van der Waals surface area contributed by atoms with Gasteiger partial charge in [-0.15, -0.1) is 0 Å². The lowest BCUT2D eigenvalue weighted by Crippen LogP contribution is -2.19. The van der Waals surface area contributed by atoms with Crippen molar-refractivity contribution in [3.63, 3.8) is 0 Å². The maximum Gasteiger partial charge on any atom is 0.0726 e. The summed E-state index contributed by atoms with van der Waals surface area (Å²) < 4.78 is 2.01. The van der Waals surface area contributed by atoms with Crippen LogP contribution >= 0.6 is 0 Å². The van der Waals surface area contributed by atoms with Gasteiger partial charge in [-0.1, -0.05) is 19.8 Å². The molecule has 1 saturated carbocycles. The van der Waals surface area contributed by atoms with Gasteiger partial charge < -0.3 is 5.32 Å². The topological polar surface area (TPSA) is 29.9 Å². The molecule has 0 saturated heterocycles. The molecule has 1 N–H and O–H groups in total. The minimum absolute atomic E-state index is 0.445. The minimum Gasteiger partial charge on any atom is -0.382 e. The Bertz CT molecular complexity index is 335. The first-order valence-electron chi connectivity index (χ1n) is 6.93. The van der Waals surface area contributed by atoms with E-state index >= 15 is 0 Å². The summed E-state index contributed by atoms with van der Waals surface area (Å²) in [6.07, 6.45) is 9.61. The van der Waals surface area contributed by atoms with Crippen molar-refractivity contribution in [1.82, 2.24) is 9.78 Å². The number of hydrogen-bond donors (Lipinski definition) is 1. The molecule has 2 rings (SSSR count). The summed E-state index contributed by atoms with van der Waals surface area (Å²) in [6, 6.07) is 0.445. The Kier molecular flexibility index (Phi) is 4.08. The zero-order valence-electron chi connectivity index (χ0n) is 11.3. The summed E-state index contributed by atoms with van der Waals surface area (Å²) in [5.74, 6) is 1.79. The average molecular weight is 235 g/mol. The van der Waals surface area contributed by atoms with Crippen LogP contribution < -0.4 is 5.32 Å². The van der Waals surface area contributed by atoms with E-state index in [4.69, 9.17) is 0 Å². The number of rotatable bonds is 4. The van der Waals surface area contributed by atoms with E-state index in [1.165, 1.54) is 25.7 Å². The average Bonchev–Trinajstić information content (AvgIpc) is 2.77. The highest BCUT2D eigenvalue weighted by molar-refractivity contribution is 5.38. The van der Waals surface area contributed by atoms with Crippen molar-refractivity contribution in [2.75, 3.05) is 11.9 Å². The van der Waals surface area contributed by atoms with Gasteiger partial charge in [-0.3, -0.25) is 4.68 Å². The Morgan fingerprint density at radius 3 is 2.65 bits per heavy atom. The molecule has 0 amide bonds. The van der Waals surface area contributed by atoms with Crippen molar-refractivity contribution in [2.24, 2.45) is 11.8 Å². The van der Waals surface area contributed by atoms with Gasteiger partial charge >= 0.3 is 0 Å². The molecular formula is C14H25N3. The first kappa shape index (κ1) is 12.5. The van der Waals surface area contributed by atoms with Gasteiger partial charge in [0.2, 0.25) is 0 Å². The van der Waals surface area contributed by atoms with E-state index in [0.29, 0.717) is 6.04 Å². The third-order valence-corrected chi connectivity index (χ3v) is 3.86. The molecule has 1 aromatic heterocycles. The fourth-order valence-corrected chi connectivity index (χ4v) is 2.51. The molecule has 0 radical (unpaired) electrons. The summed E-state index contributed by atoms with van der Waals surface area (Å²) in [4.78, 5) is 0. The van der Waals surface area contributed by atoms with E-state index in [1.54, 1.807) is 0 Å². The summed E-state index contributed by atoms with van der Waals surface area (Å²) in [7, 11) is 0. The van der Waals surface area contributed by atoms with Crippen molar-refractivity contribution in [2.45, 2.75) is 52.5 Å². The Morgan fingerprint density at radius 1 is 1.35 bits per heavy atom. The zero-order chi connectivity index (χ0) is 12.3. The van der Waals surface area contributed by atoms with E-state index in [2.05, 4.69) is 37.4 Å². The third kappa shape index (κ3) is 3.48. The predicted molar refractivity (Wildman–Crippen MR) is 72.2 cm³/mol. The SMILES string of the molecule is CC1CCC(CNc2cnn(C(C)C)c2)CC1. The summed E-state index contributed by atoms with van der Waals surface area (Å²) in [5, 5.41) is 7.87. The predicted octanol–water partition coefficient (Wildman–Crippen LogP) is 3.70. The maximum atomic E-state index is 4.35. The fourth-order valence-electron chi connectivity index (χ4n) is 2.51. The second-order valence-electron chi connectivity index (χ2n) is 5.81. The van der Waals surface area contributed by atoms with Crippen LogP contribution in [-0.2, 0) is 0 Å². The van der Waals surface area contributed by atoms with Gasteiger partial charge in [0.15, 0.2) is 0 Å². The second kappa shape index (κ2) is 5.56. The first-order valence-corrected chi connectivity index (χ1v) is 6.93. The lowest BCUT2D eigenvalue weighted by molar-refractivity contribution is 0.300. The van der Waals surface area contributed by atoms with E-state index < -0.39 is 0 Å². The molecule has 0 atom stereocenters. The van der Waals surface area contributed by atoms with Gasteiger partial charge in [-0.05, 0) is 38.5 Å².